The molecule has 1 nitrogen and oxygen atoms in total. The van der Waals surface area contributed by atoms with Crippen molar-refractivity contribution >= 4 is 28.9 Å². The molecule has 0 spiro atoms. The maximum absolute atomic E-state index is 6.15. The summed E-state index contributed by atoms with van der Waals surface area (Å²) in [6.07, 6.45) is 5.14. The predicted octanol–water partition coefficient (Wildman–Crippen LogP) is 4.98. The highest BCUT2D eigenvalue weighted by molar-refractivity contribution is 6.36. The highest BCUT2D eigenvalue weighted by Gasteiger charge is 2.25. The lowest BCUT2D eigenvalue weighted by Gasteiger charge is -2.21. The van der Waals surface area contributed by atoms with Crippen LogP contribution in [0.15, 0.2) is 18.2 Å². The molecule has 1 N–H and O–H groups in total. The Morgan fingerprint density at radius 1 is 1.31 bits per heavy atom. The number of hydrogen-bond donors (Lipinski definition) is 1. The van der Waals surface area contributed by atoms with Gasteiger partial charge in [0.2, 0.25) is 0 Å². The van der Waals surface area contributed by atoms with E-state index in [-0.39, 0.29) is 0 Å². The SMILES string of the molecule is CCC1CCCC1Nc1ccc(Cl)cc1Cl. The van der Waals surface area contributed by atoms with Crippen LogP contribution in [0.1, 0.15) is 32.6 Å². The summed E-state index contributed by atoms with van der Waals surface area (Å²) < 4.78 is 0. The van der Waals surface area contributed by atoms with E-state index in [1.807, 2.05) is 12.1 Å². The topological polar surface area (TPSA) is 12.0 Å². The van der Waals surface area contributed by atoms with Crippen molar-refractivity contribution < 1.29 is 0 Å². The molecule has 1 aliphatic rings. The van der Waals surface area contributed by atoms with Crippen molar-refractivity contribution in [2.24, 2.45) is 5.92 Å². The van der Waals surface area contributed by atoms with Crippen LogP contribution in [0.4, 0.5) is 5.69 Å². The summed E-state index contributed by atoms with van der Waals surface area (Å²) in [5, 5.41) is 4.95. The predicted molar refractivity (Wildman–Crippen MR) is 71.5 cm³/mol. The van der Waals surface area contributed by atoms with Crippen LogP contribution in [-0.2, 0) is 0 Å². The molecule has 1 saturated carbocycles. The summed E-state index contributed by atoms with van der Waals surface area (Å²) in [7, 11) is 0. The van der Waals surface area contributed by atoms with Crippen LogP contribution in [0, 0.1) is 5.92 Å². The van der Waals surface area contributed by atoms with Crippen molar-refractivity contribution in [3.63, 3.8) is 0 Å². The quantitative estimate of drug-likeness (QED) is 0.805. The van der Waals surface area contributed by atoms with Gasteiger partial charge in [0.05, 0.1) is 10.7 Å². The lowest BCUT2D eigenvalue weighted by Crippen LogP contribution is -2.23. The molecule has 0 bridgehead atoms. The lowest BCUT2D eigenvalue weighted by atomic mass is 10.0. The highest BCUT2D eigenvalue weighted by Crippen LogP contribution is 2.33. The molecule has 0 saturated heterocycles. The first-order valence-electron chi connectivity index (χ1n) is 5.92. The fourth-order valence-electron chi connectivity index (χ4n) is 2.52. The van der Waals surface area contributed by atoms with E-state index < -0.39 is 0 Å². The largest absolute Gasteiger partial charge is 0.381 e. The van der Waals surface area contributed by atoms with Gasteiger partial charge in [-0.1, -0.05) is 43.0 Å². The highest BCUT2D eigenvalue weighted by atomic mass is 35.5. The van der Waals surface area contributed by atoms with E-state index in [0.717, 1.165) is 11.6 Å². The second-order valence-electron chi connectivity index (χ2n) is 4.47. The monoisotopic (exact) mass is 257 g/mol. The minimum absolute atomic E-state index is 0.573. The lowest BCUT2D eigenvalue weighted by molar-refractivity contribution is 0.489. The number of hydrogen-bond acceptors (Lipinski definition) is 1. The van der Waals surface area contributed by atoms with Crippen molar-refractivity contribution in [3.05, 3.63) is 28.2 Å². The number of nitrogens with one attached hydrogen (secondary N) is 1. The number of halogens is 2. The Hall–Kier alpha value is -0.400. The van der Waals surface area contributed by atoms with E-state index in [2.05, 4.69) is 12.2 Å². The first kappa shape index (κ1) is 12.1. The molecule has 16 heavy (non-hydrogen) atoms. The molecule has 0 radical (unpaired) electrons. The molecule has 0 aromatic heterocycles. The van der Waals surface area contributed by atoms with Crippen molar-refractivity contribution in [1.29, 1.82) is 0 Å². The molecule has 3 heteroatoms. The van der Waals surface area contributed by atoms with Crippen molar-refractivity contribution in [2.75, 3.05) is 5.32 Å². The van der Waals surface area contributed by atoms with E-state index in [0.29, 0.717) is 16.1 Å². The van der Waals surface area contributed by atoms with Gasteiger partial charge in [-0.25, -0.2) is 0 Å². The first-order chi connectivity index (χ1) is 7.70. The molecular formula is C13H17Cl2N. The van der Waals surface area contributed by atoms with Crippen LogP contribution >= 0.6 is 23.2 Å². The Balaban J connectivity index is 2.08. The van der Waals surface area contributed by atoms with Gasteiger partial charge in [0.15, 0.2) is 0 Å². The molecule has 88 valence electrons. The Kier molecular flexibility index (Phi) is 3.99. The van der Waals surface area contributed by atoms with E-state index in [4.69, 9.17) is 23.2 Å². The molecule has 0 heterocycles. The Morgan fingerprint density at radius 3 is 2.81 bits per heavy atom. The maximum atomic E-state index is 6.15. The van der Waals surface area contributed by atoms with Gasteiger partial charge >= 0.3 is 0 Å². The molecule has 1 aromatic carbocycles. The van der Waals surface area contributed by atoms with Gasteiger partial charge in [0, 0.05) is 11.1 Å². The summed E-state index contributed by atoms with van der Waals surface area (Å²) in [4.78, 5) is 0. The summed E-state index contributed by atoms with van der Waals surface area (Å²) in [6, 6.07) is 6.21. The van der Waals surface area contributed by atoms with Crippen LogP contribution in [0.3, 0.4) is 0 Å². The van der Waals surface area contributed by atoms with Crippen LogP contribution in [0.25, 0.3) is 0 Å². The van der Waals surface area contributed by atoms with Crippen LogP contribution in [-0.4, -0.2) is 6.04 Å². The molecule has 1 aliphatic carbocycles. The summed E-state index contributed by atoms with van der Waals surface area (Å²) in [6.45, 7) is 2.26. The minimum atomic E-state index is 0.573. The third kappa shape index (κ3) is 2.64. The first-order valence-corrected chi connectivity index (χ1v) is 6.68. The van der Waals surface area contributed by atoms with Crippen LogP contribution in [0.5, 0.6) is 0 Å². The smallest absolute Gasteiger partial charge is 0.0652 e. The van der Waals surface area contributed by atoms with Crippen molar-refractivity contribution in [2.45, 2.75) is 38.6 Å². The fraction of sp³-hybridized carbons (Fsp3) is 0.538. The van der Waals surface area contributed by atoms with Gasteiger partial charge in [-0.15, -0.1) is 0 Å². The Bertz CT molecular complexity index is 365. The van der Waals surface area contributed by atoms with Crippen molar-refractivity contribution in [3.8, 4) is 0 Å². The molecule has 0 amide bonds. The molecule has 2 unspecified atom stereocenters. The van der Waals surface area contributed by atoms with Gasteiger partial charge < -0.3 is 5.32 Å². The van der Waals surface area contributed by atoms with E-state index in [1.165, 1.54) is 25.7 Å². The third-order valence-corrected chi connectivity index (χ3v) is 4.00. The van der Waals surface area contributed by atoms with Gasteiger partial charge in [0.25, 0.3) is 0 Å². The minimum Gasteiger partial charge on any atom is -0.381 e. The average Bonchev–Trinajstić information content (AvgIpc) is 2.69. The zero-order chi connectivity index (χ0) is 11.5. The molecule has 2 rings (SSSR count). The van der Waals surface area contributed by atoms with E-state index >= 15 is 0 Å². The molecule has 1 aromatic rings. The number of benzene rings is 1. The Labute approximate surface area is 107 Å². The maximum Gasteiger partial charge on any atom is 0.0652 e. The normalized spacial score (nSPS) is 24.7. The standard InChI is InChI=1S/C13H17Cl2N/c1-2-9-4-3-5-12(9)16-13-7-6-10(14)8-11(13)15/h6-9,12,16H,2-5H2,1H3. The second-order valence-corrected chi connectivity index (χ2v) is 5.32. The second kappa shape index (κ2) is 5.29. The molecule has 1 fully saturated rings. The van der Waals surface area contributed by atoms with Crippen LogP contribution < -0.4 is 5.32 Å². The number of anilines is 1. The third-order valence-electron chi connectivity index (χ3n) is 3.46. The summed E-state index contributed by atoms with van der Waals surface area (Å²) >= 11 is 12.0. The van der Waals surface area contributed by atoms with Crippen LogP contribution in [0.2, 0.25) is 10.0 Å². The number of rotatable bonds is 3. The zero-order valence-corrected chi connectivity index (χ0v) is 11.0. The van der Waals surface area contributed by atoms with E-state index in [9.17, 15) is 0 Å². The fourth-order valence-corrected chi connectivity index (χ4v) is 2.98. The van der Waals surface area contributed by atoms with Gasteiger partial charge in [-0.2, -0.15) is 0 Å². The molecule has 0 aliphatic heterocycles. The van der Waals surface area contributed by atoms with Gasteiger partial charge in [-0.05, 0) is 37.0 Å². The Morgan fingerprint density at radius 2 is 2.12 bits per heavy atom. The van der Waals surface area contributed by atoms with E-state index in [1.54, 1.807) is 6.07 Å². The molecular weight excluding hydrogens is 241 g/mol. The molecule has 2 atom stereocenters. The zero-order valence-electron chi connectivity index (χ0n) is 9.47. The van der Waals surface area contributed by atoms with Gasteiger partial charge in [0.1, 0.15) is 0 Å². The summed E-state index contributed by atoms with van der Waals surface area (Å²) in [5.41, 5.74) is 1.01. The van der Waals surface area contributed by atoms with Gasteiger partial charge in [-0.3, -0.25) is 0 Å². The van der Waals surface area contributed by atoms with Crippen molar-refractivity contribution in [1.82, 2.24) is 0 Å². The average molecular weight is 258 g/mol. The summed E-state index contributed by atoms with van der Waals surface area (Å²) in [5.74, 6) is 0.784.